The summed E-state index contributed by atoms with van der Waals surface area (Å²) in [4.78, 5) is 22.3. The molecule has 0 aliphatic heterocycles. The number of hydrogen-bond donors (Lipinski definition) is 1. The molecule has 1 aromatic rings. The zero-order valence-electron chi connectivity index (χ0n) is 10.0. The summed E-state index contributed by atoms with van der Waals surface area (Å²) >= 11 is 10.9. The third-order valence-electron chi connectivity index (χ3n) is 2.06. The Morgan fingerprint density at radius 2 is 1.89 bits per heavy atom. The van der Waals surface area contributed by atoms with Gasteiger partial charge in [-0.05, 0) is 30.7 Å². The number of rotatable bonds is 6. The molecule has 0 radical (unpaired) electrons. The summed E-state index contributed by atoms with van der Waals surface area (Å²) in [5.41, 5.74) is 0. The molecule has 5 nitrogen and oxygen atoms in total. The molecule has 19 heavy (non-hydrogen) atoms. The number of hydrogen-bond acceptors (Lipinski definition) is 4. The topological polar surface area (TPSA) is 64.6 Å². The van der Waals surface area contributed by atoms with E-state index in [2.05, 4.69) is 10.1 Å². The first kappa shape index (κ1) is 15.6. The van der Waals surface area contributed by atoms with E-state index in [4.69, 9.17) is 27.9 Å². The third-order valence-corrected chi connectivity index (χ3v) is 2.42. The molecule has 0 fully saturated rings. The average Bonchev–Trinajstić information content (AvgIpc) is 2.38. The van der Waals surface area contributed by atoms with Gasteiger partial charge in [-0.3, -0.25) is 4.79 Å². The molecular formula is C12H13Cl2NO4. The van der Waals surface area contributed by atoms with E-state index in [9.17, 15) is 9.59 Å². The lowest BCUT2D eigenvalue weighted by molar-refractivity contribution is -0.134. The van der Waals surface area contributed by atoms with Crippen LogP contribution in [0.25, 0.3) is 0 Å². The van der Waals surface area contributed by atoms with Crippen molar-refractivity contribution < 1.29 is 19.1 Å². The van der Waals surface area contributed by atoms with Crippen molar-refractivity contribution in [1.29, 1.82) is 0 Å². The summed E-state index contributed by atoms with van der Waals surface area (Å²) in [5, 5.41) is 3.01. The van der Waals surface area contributed by atoms with E-state index in [-0.39, 0.29) is 18.5 Å². The largest absolute Gasteiger partial charge is 0.433 e. The summed E-state index contributed by atoms with van der Waals surface area (Å²) in [6.45, 7) is 0.311. The van der Waals surface area contributed by atoms with Crippen molar-refractivity contribution in [3.05, 3.63) is 29.3 Å². The Labute approximate surface area is 120 Å². The van der Waals surface area contributed by atoms with Crippen molar-refractivity contribution in [2.75, 3.05) is 12.6 Å². The predicted molar refractivity (Wildman–Crippen MR) is 71.5 cm³/mol. The van der Waals surface area contributed by atoms with E-state index in [0.717, 1.165) is 0 Å². The zero-order valence-corrected chi connectivity index (χ0v) is 11.5. The van der Waals surface area contributed by atoms with Gasteiger partial charge in [-0.15, -0.1) is 0 Å². The quantitative estimate of drug-likeness (QED) is 0.380. The molecule has 0 unspecified atom stereocenters. The van der Waals surface area contributed by atoms with Gasteiger partial charge in [0.2, 0.25) is 0 Å². The summed E-state index contributed by atoms with van der Waals surface area (Å²) in [6, 6.07) is 6.28. The molecule has 1 aromatic carbocycles. The highest BCUT2D eigenvalue weighted by Gasteiger charge is 2.06. The van der Waals surface area contributed by atoms with Crippen LogP contribution in [0.3, 0.4) is 0 Å². The second-order valence-corrected chi connectivity index (χ2v) is 4.15. The lowest BCUT2D eigenvalue weighted by Crippen LogP contribution is -2.25. The molecule has 0 spiro atoms. The molecule has 1 rings (SSSR count). The Bertz CT molecular complexity index is 422. The van der Waals surface area contributed by atoms with E-state index in [0.29, 0.717) is 23.7 Å². The fourth-order valence-corrected chi connectivity index (χ4v) is 1.43. The second-order valence-electron chi connectivity index (χ2n) is 3.50. The molecule has 0 aliphatic rings. The van der Waals surface area contributed by atoms with Crippen LogP contribution in [0, 0.1) is 0 Å². The summed E-state index contributed by atoms with van der Waals surface area (Å²) < 4.78 is 9.50. The third kappa shape index (κ3) is 6.88. The molecule has 0 atom stereocenters. The van der Waals surface area contributed by atoms with Crippen molar-refractivity contribution in [2.24, 2.45) is 0 Å². The van der Waals surface area contributed by atoms with Gasteiger partial charge >= 0.3 is 12.1 Å². The van der Waals surface area contributed by atoms with E-state index in [1.165, 1.54) is 0 Å². The maximum atomic E-state index is 11.4. The molecule has 0 aliphatic carbocycles. The normalized spacial score (nSPS) is 9.79. The number of alkyl carbamates (subject to hydrolysis) is 1. The van der Waals surface area contributed by atoms with Crippen LogP contribution in [0.15, 0.2) is 24.3 Å². The minimum atomic E-state index is -0.610. The van der Waals surface area contributed by atoms with Gasteiger partial charge in [-0.25, -0.2) is 4.79 Å². The van der Waals surface area contributed by atoms with Crippen molar-refractivity contribution in [3.8, 4) is 5.75 Å². The first-order chi connectivity index (χ1) is 9.11. The Morgan fingerprint density at radius 3 is 2.53 bits per heavy atom. The molecule has 7 heteroatoms. The molecular weight excluding hydrogens is 293 g/mol. The molecule has 0 saturated carbocycles. The van der Waals surface area contributed by atoms with Crippen LogP contribution in [0.4, 0.5) is 4.79 Å². The van der Waals surface area contributed by atoms with Crippen molar-refractivity contribution in [1.82, 2.24) is 5.32 Å². The van der Waals surface area contributed by atoms with Crippen LogP contribution in [0.2, 0.25) is 5.02 Å². The molecule has 1 N–H and O–H groups in total. The number of alkyl halides is 1. The van der Waals surface area contributed by atoms with Gasteiger partial charge < -0.3 is 14.8 Å². The first-order valence-corrected chi connectivity index (χ1v) is 6.46. The summed E-state index contributed by atoms with van der Waals surface area (Å²) in [7, 11) is 0. The minimum Gasteiger partial charge on any atom is -0.433 e. The van der Waals surface area contributed by atoms with Gasteiger partial charge in [0.25, 0.3) is 0 Å². The van der Waals surface area contributed by atoms with Crippen LogP contribution in [-0.4, -0.2) is 24.7 Å². The maximum absolute atomic E-state index is 11.4. The standard InChI is InChI=1S/C12H13Cl2NO4/c13-8-18-12(17)15-7-1-2-11(16)19-10-5-3-9(14)4-6-10/h3-6H,1-2,7-8H2,(H,15,17). The lowest BCUT2D eigenvalue weighted by atomic mass is 10.3. The highest BCUT2D eigenvalue weighted by atomic mass is 35.5. The van der Waals surface area contributed by atoms with E-state index >= 15 is 0 Å². The summed E-state index contributed by atoms with van der Waals surface area (Å²) in [6.07, 6.45) is 0.0224. The highest BCUT2D eigenvalue weighted by Crippen LogP contribution is 2.16. The lowest BCUT2D eigenvalue weighted by Gasteiger charge is -2.05. The highest BCUT2D eigenvalue weighted by molar-refractivity contribution is 6.30. The number of benzene rings is 1. The van der Waals surface area contributed by atoms with Crippen LogP contribution >= 0.6 is 23.2 Å². The minimum absolute atomic E-state index is 0.184. The first-order valence-electron chi connectivity index (χ1n) is 5.54. The van der Waals surface area contributed by atoms with Crippen LogP contribution in [-0.2, 0) is 9.53 Å². The van der Waals surface area contributed by atoms with Crippen LogP contribution < -0.4 is 10.1 Å². The van der Waals surface area contributed by atoms with Crippen LogP contribution in [0.1, 0.15) is 12.8 Å². The summed E-state index contributed by atoms with van der Waals surface area (Å²) in [5.74, 6) is 0.0544. The molecule has 1 amide bonds. The van der Waals surface area contributed by atoms with Crippen LogP contribution in [0.5, 0.6) is 5.75 Å². The van der Waals surface area contributed by atoms with E-state index < -0.39 is 6.09 Å². The molecule has 0 bridgehead atoms. The van der Waals surface area contributed by atoms with Crippen molar-refractivity contribution in [3.63, 3.8) is 0 Å². The van der Waals surface area contributed by atoms with Gasteiger partial charge in [-0.1, -0.05) is 23.2 Å². The van der Waals surface area contributed by atoms with Gasteiger partial charge in [0.05, 0.1) is 0 Å². The smallest absolute Gasteiger partial charge is 0.408 e. The Hall–Kier alpha value is -1.46. The zero-order chi connectivity index (χ0) is 14.1. The van der Waals surface area contributed by atoms with Gasteiger partial charge in [0, 0.05) is 18.0 Å². The number of carbonyl (C=O) groups excluding carboxylic acids is 2. The molecule has 0 saturated heterocycles. The van der Waals surface area contributed by atoms with Gasteiger partial charge in [0.15, 0.2) is 6.07 Å². The van der Waals surface area contributed by atoms with E-state index in [1.54, 1.807) is 24.3 Å². The number of nitrogens with one attached hydrogen (secondary N) is 1. The van der Waals surface area contributed by atoms with Crippen molar-refractivity contribution >= 4 is 35.3 Å². The van der Waals surface area contributed by atoms with Crippen molar-refractivity contribution in [2.45, 2.75) is 12.8 Å². The van der Waals surface area contributed by atoms with Gasteiger partial charge in [-0.2, -0.15) is 0 Å². The maximum Gasteiger partial charge on any atom is 0.408 e. The average molecular weight is 306 g/mol. The van der Waals surface area contributed by atoms with E-state index in [1.807, 2.05) is 0 Å². The SMILES string of the molecule is O=C(CCCNC(=O)OCCl)Oc1ccc(Cl)cc1. The number of amides is 1. The molecule has 104 valence electrons. The monoisotopic (exact) mass is 305 g/mol. The van der Waals surface area contributed by atoms with Gasteiger partial charge in [0.1, 0.15) is 5.75 Å². The predicted octanol–water partition coefficient (Wildman–Crippen LogP) is 2.95. The Kier molecular flexibility index (Phi) is 7.07. The fraction of sp³-hybridized carbons (Fsp3) is 0.333. The number of esters is 1. The second kappa shape index (κ2) is 8.61. The molecule has 0 aromatic heterocycles. The molecule has 0 heterocycles. The number of halogens is 2. The Morgan fingerprint density at radius 1 is 1.21 bits per heavy atom. The number of carbonyl (C=O) groups is 2. The number of ether oxygens (including phenoxy) is 2. The Balaban J connectivity index is 2.18. The fourth-order valence-electron chi connectivity index (χ4n) is 1.21.